The van der Waals surface area contributed by atoms with Gasteiger partial charge in [0, 0.05) is 32.1 Å². The minimum absolute atomic E-state index is 0.0259. The van der Waals surface area contributed by atoms with E-state index in [2.05, 4.69) is 0 Å². The summed E-state index contributed by atoms with van der Waals surface area (Å²) < 4.78 is 0. The van der Waals surface area contributed by atoms with Gasteiger partial charge >= 0.3 is 0 Å². The van der Waals surface area contributed by atoms with Crippen LogP contribution in [0.5, 0.6) is 0 Å². The summed E-state index contributed by atoms with van der Waals surface area (Å²) in [4.78, 5) is 27.8. The fraction of sp³-hybridized carbons (Fsp3) is 0.263. The lowest BCUT2D eigenvalue weighted by molar-refractivity contribution is -0.118. The quantitative estimate of drug-likeness (QED) is 0.790. The molecule has 0 bridgehead atoms. The maximum Gasteiger partial charge on any atom is 0.228 e. The lowest BCUT2D eigenvalue weighted by Gasteiger charge is -2.25. The van der Waals surface area contributed by atoms with Gasteiger partial charge in [-0.3, -0.25) is 9.59 Å². The number of para-hydroxylation sites is 2. The summed E-state index contributed by atoms with van der Waals surface area (Å²) in [6, 6.07) is 16.7. The molecule has 0 aromatic heterocycles. The van der Waals surface area contributed by atoms with Crippen LogP contribution in [0.25, 0.3) is 0 Å². The molecule has 2 aromatic carbocycles. The Kier molecular flexibility index (Phi) is 6.38. The van der Waals surface area contributed by atoms with E-state index in [0.717, 1.165) is 5.69 Å². The summed E-state index contributed by atoms with van der Waals surface area (Å²) in [5, 5.41) is 0.496. The molecule has 0 saturated carbocycles. The molecule has 5 heteroatoms. The summed E-state index contributed by atoms with van der Waals surface area (Å²) in [6.07, 6.45) is 0.230. The number of amides is 2. The fourth-order valence-electron chi connectivity index (χ4n) is 2.57. The van der Waals surface area contributed by atoms with Crippen LogP contribution >= 0.6 is 11.6 Å². The second-order valence-electron chi connectivity index (χ2n) is 5.35. The van der Waals surface area contributed by atoms with Crippen molar-refractivity contribution in [3.63, 3.8) is 0 Å². The molecule has 0 aliphatic heterocycles. The van der Waals surface area contributed by atoms with Crippen LogP contribution in [0.2, 0.25) is 5.02 Å². The van der Waals surface area contributed by atoms with Crippen molar-refractivity contribution < 1.29 is 9.59 Å². The van der Waals surface area contributed by atoms with Crippen molar-refractivity contribution in [1.29, 1.82) is 0 Å². The average molecular weight is 345 g/mol. The van der Waals surface area contributed by atoms with Crippen LogP contribution in [0.1, 0.15) is 20.3 Å². The van der Waals surface area contributed by atoms with Crippen molar-refractivity contribution in [2.75, 3.05) is 22.9 Å². The van der Waals surface area contributed by atoms with Crippen molar-refractivity contribution in [2.45, 2.75) is 20.3 Å². The predicted octanol–water partition coefficient (Wildman–Crippen LogP) is 4.14. The largest absolute Gasteiger partial charge is 0.313 e. The zero-order valence-electron chi connectivity index (χ0n) is 13.9. The summed E-state index contributed by atoms with van der Waals surface area (Å²) in [5.74, 6) is -0.166. The first kappa shape index (κ1) is 18.0. The average Bonchev–Trinajstić information content (AvgIpc) is 2.58. The highest BCUT2D eigenvalue weighted by molar-refractivity contribution is 6.33. The number of halogens is 1. The maximum absolute atomic E-state index is 12.6. The monoisotopic (exact) mass is 344 g/mol. The molecule has 0 aliphatic rings. The minimum Gasteiger partial charge on any atom is -0.313 e. The zero-order valence-corrected chi connectivity index (χ0v) is 14.7. The van der Waals surface area contributed by atoms with Gasteiger partial charge in [0.05, 0.1) is 10.7 Å². The van der Waals surface area contributed by atoms with Crippen LogP contribution in [0.15, 0.2) is 54.6 Å². The maximum atomic E-state index is 12.6. The first-order chi connectivity index (χ1) is 11.5. The summed E-state index contributed by atoms with van der Waals surface area (Å²) in [5.41, 5.74) is 1.49. The van der Waals surface area contributed by atoms with E-state index >= 15 is 0 Å². The predicted molar refractivity (Wildman–Crippen MR) is 98.6 cm³/mol. The molecule has 0 heterocycles. The van der Waals surface area contributed by atoms with E-state index < -0.39 is 0 Å². The number of anilines is 2. The Morgan fingerprint density at radius 2 is 1.58 bits per heavy atom. The zero-order chi connectivity index (χ0) is 17.5. The number of hydrogen-bond donors (Lipinski definition) is 0. The van der Waals surface area contributed by atoms with Crippen LogP contribution in [-0.4, -0.2) is 24.9 Å². The van der Waals surface area contributed by atoms with Gasteiger partial charge in [0.1, 0.15) is 0 Å². The molecule has 126 valence electrons. The number of rotatable bonds is 6. The highest BCUT2D eigenvalue weighted by Crippen LogP contribution is 2.25. The van der Waals surface area contributed by atoms with E-state index in [1.54, 1.807) is 21.9 Å². The lowest BCUT2D eigenvalue weighted by atomic mass is 10.2. The molecule has 0 unspecified atom stereocenters. The van der Waals surface area contributed by atoms with E-state index in [4.69, 9.17) is 11.6 Å². The van der Waals surface area contributed by atoms with Gasteiger partial charge in [0.15, 0.2) is 0 Å². The Labute approximate surface area is 147 Å². The van der Waals surface area contributed by atoms with Gasteiger partial charge in [-0.05, 0) is 31.2 Å². The Balaban J connectivity index is 2.10. The lowest BCUT2D eigenvalue weighted by Crippen LogP contribution is -2.36. The molecule has 0 atom stereocenters. The Bertz CT molecular complexity index is 704. The first-order valence-electron chi connectivity index (χ1n) is 7.92. The molecule has 0 radical (unpaired) electrons. The van der Waals surface area contributed by atoms with Crippen molar-refractivity contribution in [2.24, 2.45) is 0 Å². The van der Waals surface area contributed by atoms with Crippen molar-refractivity contribution in [1.82, 2.24) is 0 Å². The second kappa shape index (κ2) is 8.50. The van der Waals surface area contributed by atoms with Crippen molar-refractivity contribution in [3.05, 3.63) is 59.6 Å². The number of carbonyl (C=O) groups excluding carboxylic acids is 2. The van der Waals surface area contributed by atoms with Crippen LogP contribution in [0, 0.1) is 0 Å². The molecule has 2 aromatic rings. The molecule has 2 amide bonds. The van der Waals surface area contributed by atoms with E-state index in [9.17, 15) is 9.59 Å². The summed E-state index contributed by atoms with van der Waals surface area (Å²) in [6.45, 7) is 4.28. The number of nitrogens with zero attached hydrogens (tertiary/aromatic N) is 2. The highest BCUT2D eigenvalue weighted by Gasteiger charge is 2.19. The van der Waals surface area contributed by atoms with Gasteiger partial charge in [-0.25, -0.2) is 0 Å². The number of carbonyl (C=O) groups is 2. The van der Waals surface area contributed by atoms with Crippen LogP contribution < -0.4 is 9.80 Å². The highest BCUT2D eigenvalue weighted by atomic mass is 35.5. The molecular weight excluding hydrogens is 324 g/mol. The third-order valence-electron chi connectivity index (χ3n) is 3.76. The van der Waals surface area contributed by atoms with Crippen LogP contribution in [0.3, 0.4) is 0 Å². The van der Waals surface area contributed by atoms with Gasteiger partial charge in [-0.1, -0.05) is 41.9 Å². The molecule has 0 aliphatic carbocycles. The third-order valence-corrected chi connectivity index (χ3v) is 4.08. The van der Waals surface area contributed by atoms with E-state index in [0.29, 0.717) is 23.8 Å². The Morgan fingerprint density at radius 3 is 2.17 bits per heavy atom. The molecule has 2 rings (SSSR count). The number of benzene rings is 2. The molecule has 24 heavy (non-hydrogen) atoms. The minimum atomic E-state index is -0.140. The molecule has 0 fully saturated rings. The van der Waals surface area contributed by atoms with Gasteiger partial charge in [-0.2, -0.15) is 0 Å². The molecular formula is C19H21ClN2O2. The molecule has 0 N–H and O–H groups in total. The van der Waals surface area contributed by atoms with E-state index in [1.807, 2.05) is 49.4 Å². The Morgan fingerprint density at radius 1 is 0.958 bits per heavy atom. The summed E-state index contributed by atoms with van der Waals surface area (Å²) >= 11 is 6.17. The number of hydrogen-bond acceptors (Lipinski definition) is 2. The van der Waals surface area contributed by atoms with Gasteiger partial charge < -0.3 is 9.80 Å². The van der Waals surface area contributed by atoms with Crippen molar-refractivity contribution >= 4 is 34.8 Å². The van der Waals surface area contributed by atoms with Gasteiger partial charge in [0.2, 0.25) is 11.8 Å². The SMILES string of the molecule is CCN(C(=O)CCN(C(C)=O)c1ccccc1Cl)c1ccccc1. The van der Waals surface area contributed by atoms with Gasteiger partial charge in [0.25, 0.3) is 0 Å². The Hall–Kier alpha value is -2.33. The van der Waals surface area contributed by atoms with Crippen molar-refractivity contribution in [3.8, 4) is 0 Å². The normalized spacial score (nSPS) is 10.3. The third kappa shape index (κ3) is 4.36. The molecule has 0 spiro atoms. The summed E-state index contributed by atoms with van der Waals surface area (Å²) in [7, 11) is 0. The van der Waals surface area contributed by atoms with Gasteiger partial charge in [-0.15, -0.1) is 0 Å². The topological polar surface area (TPSA) is 40.6 Å². The fourth-order valence-corrected chi connectivity index (χ4v) is 2.81. The van der Waals surface area contributed by atoms with E-state index in [1.165, 1.54) is 6.92 Å². The molecule has 0 saturated heterocycles. The molecule has 4 nitrogen and oxygen atoms in total. The van der Waals surface area contributed by atoms with E-state index in [-0.39, 0.29) is 18.2 Å². The smallest absolute Gasteiger partial charge is 0.228 e. The van der Waals surface area contributed by atoms with Crippen LogP contribution in [-0.2, 0) is 9.59 Å². The first-order valence-corrected chi connectivity index (χ1v) is 8.30. The standard InChI is InChI=1S/C19H21ClN2O2/c1-3-21(16-9-5-4-6-10-16)19(24)13-14-22(15(2)23)18-12-8-7-11-17(18)20/h4-12H,3,13-14H2,1-2H3. The van der Waals surface area contributed by atoms with Crippen LogP contribution in [0.4, 0.5) is 11.4 Å². The second-order valence-corrected chi connectivity index (χ2v) is 5.75.